The van der Waals surface area contributed by atoms with Crippen LogP contribution in [0.4, 0.5) is 14.9 Å². The molecule has 1 aliphatic rings. The molecule has 0 aliphatic carbocycles. The molecule has 0 radical (unpaired) electrons. The highest BCUT2D eigenvalue weighted by atomic mass is 35.5. The van der Waals surface area contributed by atoms with Crippen LogP contribution < -0.4 is 10.6 Å². The van der Waals surface area contributed by atoms with Gasteiger partial charge in [-0.05, 0) is 42.3 Å². The number of hydrogen-bond donors (Lipinski definition) is 1. The highest BCUT2D eigenvalue weighted by Gasteiger charge is 2.43. The van der Waals surface area contributed by atoms with Crippen molar-refractivity contribution in [3.05, 3.63) is 42.3 Å². The molecule has 1 aliphatic heterocycles. The molecule has 1 aromatic carbocycles. The number of halogens is 2. The van der Waals surface area contributed by atoms with Crippen LogP contribution in [0.25, 0.3) is 22.6 Å². The van der Waals surface area contributed by atoms with Crippen LogP contribution >= 0.6 is 12.4 Å². The number of carbonyl (C=O) groups excluding carboxylic acids is 2. The monoisotopic (exact) mass is 505 g/mol. The number of pyridine rings is 1. The van der Waals surface area contributed by atoms with E-state index in [2.05, 4.69) is 20.4 Å². The van der Waals surface area contributed by atoms with Crippen LogP contribution in [0.2, 0.25) is 0 Å². The van der Waals surface area contributed by atoms with Crippen molar-refractivity contribution in [1.29, 1.82) is 0 Å². The Kier molecular flexibility index (Phi) is 7.66. The number of amides is 1. The lowest BCUT2D eigenvalue weighted by atomic mass is 10.1. The van der Waals surface area contributed by atoms with Gasteiger partial charge in [-0.25, -0.2) is 9.18 Å². The molecule has 2 N–H and O–H groups in total. The molecule has 1 unspecified atom stereocenters. The van der Waals surface area contributed by atoms with Crippen LogP contribution in [-0.4, -0.2) is 55.6 Å². The number of anilines is 1. The number of nitrogens with two attached hydrogens (primary N) is 1. The van der Waals surface area contributed by atoms with E-state index in [1.807, 2.05) is 0 Å². The number of aryl methyl sites for hydroxylation is 1. The predicted molar refractivity (Wildman–Crippen MR) is 126 cm³/mol. The Balaban J connectivity index is 0.00000342. The Bertz CT molecular complexity index is 1220. The van der Waals surface area contributed by atoms with Gasteiger partial charge in [-0.3, -0.25) is 14.7 Å². The zero-order chi connectivity index (χ0) is 24.6. The molecule has 11 nitrogen and oxygen atoms in total. The average Bonchev–Trinajstić information content (AvgIpc) is 3.35. The molecule has 0 saturated carbocycles. The molecule has 35 heavy (non-hydrogen) atoms. The first-order valence-corrected chi connectivity index (χ1v) is 10.6. The summed E-state index contributed by atoms with van der Waals surface area (Å²) in [6, 6.07) is 6.17. The summed E-state index contributed by atoms with van der Waals surface area (Å²) in [5.41, 5.74) is 7.39. The van der Waals surface area contributed by atoms with Gasteiger partial charge in [-0.15, -0.1) is 22.6 Å². The number of benzene rings is 1. The van der Waals surface area contributed by atoms with Crippen molar-refractivity contribution in [3.63, 3.8) is 0 Å². The molecule has 13 heteroatoms. The Labute approximate surface area is 206 Å². The van der Waals surface area contributed by atoms with Crippen LogP contribution in [0, 0.1) is 11.7 Å². The number of cyclic esters (lactones) is 1. The summed E-state index contributed by atoms with van der Waals surface area (Å²) < 4.78 is 25.5. The first-order chi connectivity index (χ1) is 16.2. The first-order valence-electron chi connectivity index (χ1n) is 10.6. The lowest BCUT2D eigenvalue weighted by Gasteiger charge is -2.22. The molecular formula is C22H25ClFN7O4. The van der Waals surface area contributed by atoms with Crippen LogP contribution in [-0.2, 0) is 21.3 Å². The maximum absolute atomic E-state index is 15.0. The van der Waals surface area contributed by atoms with Crippen LogP contribution in [0.3, 0.4) is 0 Å². The summed E-state index contributed by atoms with van der Waals surface area (Å²) in [7, 11) is 1.64. The number of tetrazole rings is 1. The minimum Gasteiger partial charge on any atom is -0.422 e. The van der Waals surface area contributed by atoms with Gasteiger partial charge < -0.3 is 15.2 Å². The fraction of sp³-hybridized carbons (Fsp3) is 0.364. The van der Waals surface area contributed by atoms with Gasteiger partial charge in [0.2, 0.25) is 5.82 Å². The second-order valence-electron chi connectivity index (χ2n) is 8.27. The minimum absolute atomic E-state index is 0. The van der Waals surface area contributed by atoms with Crippen LogP contribution in [0.5, 0.6) is 0 Å². The van der Waals surface area contributed by atoms with E-state index in [0.29, 0.717) is 22.6 Å². The molecular weight excluding hydrogens is 481 g/mol. The van der Waals surface area contributed by atoms with E-state index < -0.39 is 36.3 Å². The summed E-state index contributed by atoms with van der Waals surface area (Å²) in [4.78, 5) is 31.4. The molecule has 3 heterocycles. The van der Waals surface area contributed by atoms with Crippen molar-refractivity contribution < 1.29 is 23.5 Å². The van der Waals surface area contributed by atoms with Gasteiger partial charge in [-0.2, -0.15) is 4.80 Å². The molecule has 1 fully saturated rings. The molecule has 186 valence electrons. The predicted octanol–water partition coefficient (Wildman–Crippen LogP) is 2.70. The maximum Gasteiger partial charge on any atom is 0.417 e. The fourth-order valence-electron chi connectivity index (χ4n) is 3.43. The van der Waals surface area contributed by atoms with E-state index in [9.17, 15) is 9.59 Å². The Morgan fingerprint density at radius 2 is 2.00 bits per heavy atom. The van der Waals surface area contributed by atoms with E-state index in [1.165, 1.54) is 28.0 Å². The van der Waals surface area contributed by atoms with Gasteiger partial charge in [0.25, 0.3) is 6.29 Å². The van der Waals surface area contributed by atoms with E-state index in [0.717, 1.165) is 0 Å². The van der Waals surface area contributed by atoms with E-state index in [-0.39, 0.29) is 24.0 Å². The normalized spacial score (nSPS) is 18.3. The number of rotatable bonds is 6. The molecule has 4 rings (SSSR count). The lowest BCUT2D eigenvalue weighted by molar-refractivity contribution is -0.167. The van der Waals surface area contributed by atoms with E-state index in [1.54, 1.807) is 46.0 Å². The van der Waals surface area contributed by atoms with Gasteiger partial charge in [-0.1, -0.05) is 19.9 Å². The molecule has 3 aromatic rings. The number of hydrogen-bond acceptors (Lipinski definition) is 9. The zero-order valence-corrected chi connectivity index (χ0v) is 20.3. The number of esters is 1. The number of ether oxygens (including phenoxy) is 2. The summed E-state index contributed by atoms with van der Waals surface area (Å²) in [6.45, 7) is 5.20. The topological polar surface area (TPSA) is 138 Å². The zero-order valence-electron chi connectivity index (χ0n) is 19.5. The standard InChI is InChI=1S/C22H24FN7O4.ClH/c1-11(2)18(24)20(31)33-21-12(3)30(22(32)34-21)14-6-7-15(16(23)9-14)13-5-8-17(25-10-13)19-26-28-29(4)27-19;/h5-12,18,21H,24H2,1-4H3;1H/t12-,18+,21?;/m1./s1. The minimum atomic E-state index is -1.15. The highest BCUT2D eigenvalue weighted by Crippen LogP contribution is 2.32. The number of aromatic nitrogens is 5. The quantitative estimate of drug-likeness (QED) is 0.501. The third kappa shape index (κ3) is 5.23. The molecule has 0 spiro atoms. The van der Waals surface area contributed by atoms with Crippen molar-refractivity contribution in [2.75, 3.05) is 4.90 Å². The first kappa shape index (κ1) is 26.0. The third-order valence-electron chi connectivity index (χ3n) is 5.48. The SMILES string of the molecule is CC(C)[C@H](N)C(=O)OC1OC(=O)N(c2ccc(-c3ccc(-c4nnn(C)n4)nc3)c(F)c2)[C@@H]1C.Cl. The van der Waals surface area contributed by atoms with Crippen molar-refractivity contribution >= 4 is 30.2 Å². The van der Waals surface area contributed by atoms with E-state index >= 15 is 4.39 Å². The summed E-state index contributed by atoms with van der Waals surface area (Å²) >= 11 is 0. The second kappa shape index (κ2) is 10.3. The Hall–Kier alpha value is -3.64. The average molecular weight is 506 g/mol. The lowest BCUT2D eigenvalue weighted by Crippen LogP contribution is -2.42. The molecule has 1 amide bonds. The van der Waals surface area contributed by atoms with Crippen molar-refractivity contribution in [2.24, 2.45) is 18.7 Å². The molecule has 2 aromatic heterocycles. The summed E-state index contributed by atoms with van der Waals surface area (Å²) in [6.07, 6.45) is -0.402. The van der Waals surface area contributed by atoms with Gasteiger partial charge in [0.05, 0.1) is 12.7 Å². The van der Waals surface area contributed by atoms with E-state index in [4.69, 9.17) is 15.2 Å². The second-order valence-corrected chi connectivity index (χ2v) is 8.27. The Morgan fingerprint density at radius 3 is 2.57 bits per heavy atom. The smallest absolute Gasteiger partial charge is 0.417 e. The summed E-state index contributed by atoms with van der Waals surface area (Å²) in [5.74, 6) is -1.02. The maximum atomic E-state index is 15.0. The van der Waals surface area contributed by atoms with Crippen molar-refractivity contribution in [3.8, 4) is 22.6 Å². The van der Waals surface area contributed by atoms with Gasteiger partial charge in [0.1, 0.15) is 23.6 Å². The number of nitrogens with zero attached hydrogens (tertiary/aromatic N) is 6. The van der Waals surface area contributed by atoms with Crippen LogP contribution in [0.1, 0.15) is 20.8 Å². The van der Waals surface area contributed by atoms with Crippen molar-refractivity contribution in [1.82, 2.24) is 25.2 Å². The molecule has 1 saturated heterocycles. The van der Waals surface area contributed by atoms with Crippen molar-refractivity contribution in [2.45, 2.75) is 39.1 Å². The summed E-state index contributed by atoms with van der Waals surface area (Å²) in [5, 5.41) is 11.7. The van der Waals surface area contributed by atoms with Crippen LogP contribution in [0.15, 0.2) is 36.5 Å². The molecule has 0 bridgehead atoms. The Morgan fingerprint density at radius 1 is 1.26 bits per heavy atom. The number of carbonyl (C=O) groups is 2. The van der Waals surface area contributed by atoms with Gasteiger partial charge >= 0.3 is 12.1 Å². The highest BCUT2D eigenvalue weighted by molar-refractivity contribution is 5.91. The fourth-order valence-corrected chi connectivity index (χ4v) is 3.43. The largest absolute Gasteiger partial charge is 0.422 e. The van der Waals surface area contributed by atoms with Gasteiger partial charge in [0.15, 0.2) is 0 Å². The molecule has 3 atom stereocenters. The van der Waals surface area contributed by atoms with Gasteiger partial charge in [0, 0.05) is 17.3 Å². The third-order valence-corrected chi connectivity index (χ3v) is 5.48.